The molecule has 1 saturated carbocycles. The van der Waals surface area contributed by atoms with Crippen LogP contribution in [-0.4, -0.2) is 37.6 Å². The Bertz CT molecular complexity index is 247. The van der Waals surface area contributed by atoms with E-state index in [0.717, 1.165) is 12.8 Å². The van der Waals surface area contributed by atoms with Crippen LogP contribution >= 0.6 is 0 Å². The van der Waals surface area contributed by atoms with Gasteiger partial charge in [-0.2, -0.15) is 4.31 Å². The van der Waals surface area contributed by atoms with Gasteiger partial charge in [-0.15, -0.1) is 0 Å². The molecule has 0 aliphatic heterocycles. The lowest BCUT2D eigenvalue weighted by molar-refractivity contribution is 0.411. The Morgan fingerprint density at radius 2 is 2.08 bits per heavy atom. The third-order valence-corrected chi connectivity index (χ3v) is 4.24. The third kappa shape index (κ3) is 2.93. The summed E-state index contributed by atoms with van der Waals surface area (Å²) >= 11 is 0. The Balaban J connectivity index is 2.61. The molecule has 1 rings (SSSR count). The lowest BCUT2D eigenvalue weighted by atomic mass is 10.6. The molecule has 0 aromatic heterocycles. The molecule has 0 unspecified atom stereocenters. The van der Waals surface area contributed by atoms with Gasteiger partial charge >= 0.3 is 0 Å². The Hall–Kier alpha value is -0.130. The summed E-state index contributed by atoms with van der Waals surface area (Å²) in [6.07, 6.45) is 2.68. The lowest BCUT2D eigenvalue weighted by Gasteiger charge is -2.20. The molecule has 0 heterocycles. The Labute approximate surface area is 80.1 Å². The van der Waals surface area contributed by atoms with Gasteiger partial charge in [0.05, 0.1) is 5.75 Å². The molecule has 13 heavy (non-hydrogen) atoms. The van der Waals surface area contributed by atoms with Crippen LogP contribution in [0.2, 0.25) is 0 Å². The van der Waals surface area contributed by atoms with Gasteiger partial charge in [-0.1, -0.05) is 6.92 Å². The predicted molar refractivity (Wildman–Crippen MR) is 52.9 cm³/mol. The highest BCUT2D eigenvalue weighted by molar-refractivity contribution is 7.89. The van der Waals surface area contributed by atoms with Crippen molar-refractivity contribution in [2.45, 2.75) is 32.2 Å². The van der Waals surface area contributed by atoms with Crippen molar-refractivity contribution in [3.63, 3.8) is 0 Å². The highest BCUT2D eigenvalue weighted by Gasteiger charge is 2.35. The Morgan fingerprint density at radius 1 is 1.46 bits per heavy atom. The first-order valence-electron chi connectivity index (χ1n) is 4.81. The molecular formula is C8H18N2O2S. The van der Waals surface area contributed by atoms with Gasteiger partial charge in [-0.3, -0.25) is 0 Å². The maximum Gasteiger partial charge on any atom is 0.214 e. The summed E-state index contributed by atoms with van der Waals surface area (Å²) in [5.41, 5.74) is 5.38. The molecule has 0 bridgehead atoms. The largest absolute Gasteiger partial charge is 0.329 e. The van der Waals surface area contributed by atoms with E-state index in [1.165, 1.54) is 0 Å². The van der Waals surface area contributed by atoms with Crippen molar-refractivity contribution < 1.29 is 8.42 Å². The number of nitrogens with two attached hydrogens (primary N) is 1. The van der Waals surface area contributed by atoms with Gasteiger partial charge in [-0.25, -0.2) is 8.42 Å². The number of nitrogens with zero attached hydrogens (tertiary/aromatic N) is 1. The molecule has 2 N–H and O–H groups in total. The molecule has 0 aromatic rings. The molecule has 5 heteroatoms. The van der Waals surface area contributed by atoms with Crippen LogP contribution in [0.4, 0.5) is 0 Å². The van der Waals surface area contributed by atoms with Crippen LogP contribution in [0.1, 0.15) is 26.2 Å². The SMILES string of the molecule is CCCS(=O)(=O)N(CCN)C1CC1. The molecule has 0 atom stereocenters. The van der Waals surface area contributed by atoms with Crippen molar-refractivity contribution in [1.29, 1.82) is 0 Å². The van der Waals surface area contributed by atoms with E-state index in [1.807, 2.05) is 6.92 Å². The fourth-order valence-corrected chi connectivity index (χ4v) is 3.21. The van der Waals surface area contributed by atoms with Crippen LogP contribution < -0.4 is 5.73 Å². The normalized spacial score (nSPS) is 18.1. The summed E-state index contributed by atoms with van der Waals surface area (Å²) in [4.78, 5) is 0. The van der Waals surface area contributed by atoms with Crippen molar-refractivity contribution in [2.75, 3.05) is 18.8 Å². The third-order valence-electron chi connectivity index (χ3n) is 2.12. The monoisotopic (exact) mass is 206 g/mol. The first kappa shape index (κ1) is 10.9. The highest BCUT2D eigenvalue weighted by atomic mass is 32.2. The quantitative estimate of drug-likeness (QED) is 0.673. The van der Waals surface area contributed by atoms with Crippen LogP contribution in [0.5, 0.6) is 0 Å². The second-order valence-corrected chi connectivity index (χ2v) is 5.49. The summed E-state index contributed by atoms with van der Waals surface area (Å²) in [6, 6.07) is 0.250. The first-order valence-corrected chi connectivity index (χ1v) is 6.42. The van der Waals surface area contributed by atoms with E-state index in [4.69, 9.17) is 5.73 Å². The van der Waals surface area contributed by atoms with Crippen molar-refractivity contribution in [3.8, 4) is 0 Å². The summed E-state index contributed by atoms with van der Waals surface area (Å²) in [5, 5.41) is 0. The lowest BCUT2D eigenvalue weighted by Crippen LogP contribution is -2.38. The molecular weight excluding hydrogens is 188 g/mol. The molecule has 1 aliphatic carbocycles. The topological polar surface area (TPSA) is 63.4 Å². The maximum absolute atomic E-state index is 11.7. The van der Waals surface area contributed by atoms with Gasteiger partial charge in [0, 0.05) is 19.1 Å². The average Bonchev–Trinajstić information content (AvgIpc) is 2.82. The second kappa shape index (κ2) is 4.39. The zero-order valence-electron chi connectivity index (χ0n) is 8.07. The predicted octanol–water partition coefficient (Wildman–Crippen LogP) is 0.149. The molecule has 1 aliphatic rings. The van der Waals surface area contributed by atoms with Gasteiger partial charge in [0.1, 0.15) is 0 Å². The van der Waals surface area contributed by atoms with Crippen LogP contribution in [0.25, 0.3) is 0 Å². The molecule has 0 radical (unpaired) electrons. The molecule has 0 aromatic carbocycles. The smallest absolute Gasteiger partial charge is 0.214 e. The first-order chi connectivity index (χ1) is 6.11. The van der Waals surface area contributed by atoms with Gasteiger partial charge < -0.3 is 5.73 Å². The van der Waals surface area contributed by atoms with E-state index < -0.39 is 10.0 Å². The number of rotatable bonds is 6. The summed E-state index contributed by atoms with van der Waals surface area (Å²) in [6.45, 7) is 2.78. The van der Waals surface area contributed by atoms with Crippen LogP contribution in [0.15, 0.2) is 0 Å². The van der Waals surface area contributed by atoms with Gasteiger partial charge in [0.25, 0.3) is 0 Å². The second-order valence-electron chi connectivity index (χ2n) is 3.45. The fraction of sp³-hybridized carbons (Fsp3) is 1.00. The maximum atomic E-state index is 11.7. The van der Waals surface area contributed by atoms with E-state index >= 15 is 0 Å². The van der Waals surface area contributed by atoms with Crippen LogP contribution in [0.3, 0.4) is 0 Å². The van der Waals surface area contributed by atoms with Crippen LogP contribution in [0, 0.1) is 0 Å². The van der Waals surface area contributed by atoms with Crippen molar-refractivity contribution in [1.82, 2.24) is 4.31 Å². The summed E-state index contributed by atoms with van der Waals surface area (Å²) in [7, 11) is -3.02. The van der Waals surface area contributed by atoms with Crippen molar-refractivity contribution in [3.05, 3.63) is 0 Å². The van der Waals surface area contributed by atoms with Crippen LogP contribution in [-0.2, 0) is 10.0 Å². The molecule has 0 spiro atoms. The van der Waals surface area contributed by atoms with Gasteiger partial charge in [0.2, 0.25) is 10.0 Å². The molecule has 4 nitrogen and oxygen atoms in total. The minimum Gasteiger partial charge on any atom is -0.329 e. The average molecular weight is 206 g/mol. The standard InChI is InChI=1S/C8H18N2O2S/c1-2-7-13(11,12)10(6-5-9)8-3-4-8/h8H,2-7,9H2,1H3. The molecule has 0 saturated heterocycles. The zero-order chi connectivity index (χ0) is 9.90. The molecule has 0 amide bonds. The van der Waals surface area contributed by atoms with Gasteiger partial charge in [-0.05, 0) is 19.3 Å². The fourth-order valence-electron chi connectivity index (χ4n) is 1.41. The van der Waals surface area contributed by atoms with Crippen molar-refractivity contribution >= 4 is 10.0 Å². The number of sulfonamides is 1. The van der Waals surface area contributed by atoms with E-state index in [-0.39, 0.29) is 11.8 Å². The van der Waals surface area contributed by atoms with E-state index in [1.54, 1.807) is 4.31 Å². The zero-order valence-corrected chi connectivity index (χ0v) is 8.89. The highest BCUT2D eigenvalue weighted by Crippen LogP contribution is 2.29. The molecule has 78 valence electrons. The molecule has 1 fully saturated rings. The minimum atomic E-state index is -3.02. The summed E-state index contributed by atoms with van der Waals surface area (Å²) < 4.78 is 24.9. The Morgan fingerprint density at radius 3 is 2.46 bits per heavy atom. The van der Waals surface area contributed by atoms with E-state index in [9.17, 15) is 8.42 Å². The number of hydrogen-bond donors (Lipinski definition) is 1. The van der Waals surface area contributed by atoms with Gasteiger partial charge in [0.15, 0.2) is 0 Å². The summed E-state index contributed by atoms with van der Waals surface area (Å²) in [5.74, 6) is 0.253. The van der Waals surface area contributed by atoms with E-state index in [2.05, 4.69) is 0 Å². The Kier molecular flexibility index (Phi) is 3.70. The number of hydrogen-bond acceptors (Lipinski definition) is 3. The van der Waals surface area contributed by atoms with E-state index in [0.29, 0.717) is 19.5 Å². The minimum absolute atomic E-state index is 0.250. The van der Waals surface area contributed by atoms with Crippen molar-refractivity contribution in [2.24, 2.45) is 5.73 Å².